The van der Waals surface area contributed by atoms with Gasteiger partial charge in [-0.15, -0.1) is 0 Å². The van der Waals surface area contributed by atoms with E-state index in [4.69, 9.17) is 21.1 Å². The molecule has 0 saturated carbocycles. The van der Waals surface area contributed by atoms with Crippen LogP contribution in [-0.4, -0.2) is 30.2 Å². The van der Waals surface area contributed by atoms with Crippen molar-refractivity contribution in [2.45, 2.75) is 13.5 Å². The van der Waals surface area contributed by atoms with Crippen molar-refractivity contribution in [3.8, 4) is 11.5 Å². The first-order valence-electron chi connectivity index (χ1n) is 8.98. The molecule has 0 atom stereocenters. The van der Waals surface area contributed by atoms with Crippen LogP contribution in [0.4, 0.5) is 11.8 Å². The molecule has 0 bridgehead atoms. The number of aromatic nitrogens is 2. The van der Waals surface area contributed by atoms with E-state index in [1.165, 1.54) is 0 Å². The maximum Gasteiger partial charge on any atom is 0.224 e. The van der Waals surface area contributed by atoms with Crippen LogP contribution in [0.1, 0.15) is 11.3 Å². The van der Waals surface area contributed by atoms with Gasteiger partial charge in [0, 0.05) is 23.3 Å². The molecule has 1 heterocycles. The minimum absolute atomic E-state index is 0.492. The average Bonchev–Trinajstić information content (AvgIpc) is 2.71. The molecule has 0 radical (unpaired) electrons. The second kappa shape index (κ2) is 9.80. The van der Waals surface area contributed by atoms with Gasteiger partial charge in [0.2, 0.25) is 5.95 Å². The first-order chi connectivity index (χ1) is 13.6. The van der Waals surface area contributed by atoms with Crippen molar-refractivity contribution in [1.29, 1.82) is 0 Å². The molecule has 2 aromatic carbocycles. The van der Waals surface area contributed by atoms with Crippen LogP contribution in [0.2, 0.25) is 5.02 Å². The minimum Gasteiger partial charge on any atom is -0.497 e. The van der Waals surface area contributed by atoms with Crippen molar-refractivity contribution >= 4 is 23.4 Å². The van der Waals surface area contributed by atoms with Crippen LogP contribution in [-0.2, 0) is 6.54 Å². The quantitative estimate of drug-likeness (QED) is 0.515. The molecular formula is C21H23ClN4O2. The largest absolute Gasteiger partial charge is 0.497 e. The van der Waals surface area contributed by atoms with Gasteiger partial charge in [0.25, 0.3) is 0 Å². The summed E-state index contributed by atoms with van der Waals surface area (Å²) in [6.07, 6.45) is 0. The fourth-order valence-corrected chi connectivity index (χ4v) is 2.77. The summed E-state index contributed by atoms with van der Waals surface area (Å²) >= 11 is 6.20. The predicted octanol–water partition coefficient (Wildman–Crippen LogP) is 4.55. The molecule has 0 saturated heterocycles. The van der Waals surface area contributed by atoms with Crippen molar-refractivity contribution in [2.75, 3.05) is 30.9 Å². The van der Waals surface area contributed by atoms with Crippen LogP contribution in [0, 0.1) is 6.92 Å². The van der Waals surface area contributed by atoms with Crippen LogP contribution in [0.15, 0.2) is 54.6 Å². The summed E-state index contributed by atoms with van der Waals surface area (Å²) in [6, 6.07) is 17.1. The van der Waals surface area contributed by atoms with Gasteiger partial charge < -0.3 is 20.1 Å². The highest BCUT2D eigenvalue weighted by Crippen LogP contribution is 2.18. The Labute approximate surface area is 169 Å². The van der Waals surface area contributed by atoms with Gasteiger partial charge in [0.05, 0.1) is 13.7 Å². The molecule has 3 aromatic rings. The van der Waals surface area contributed by atoms with E-state index < -0.39 is 0 Å². The first kappa shape index (κ1) is 19.8. The topological polar surface area (TPSA) is 68.3 Å². The maximum absolute atomic E-state index is 6.20. The van der Waals surface area contributed by atoms with Crippen LogP contribution in [0.25, 0.3) is 0 Å². The number of anilines is 2. The number of rotatable bonds is 9. The number of halogens is 1. The zero-order chi connectivity index (χ0) is 19.8. The SMILES string of the molecule is COc1ccc(OCCNc2nc(C)cc(NCc3ccccc3Cl)n2)cc1. The van der Waals surface area contributed by atoms with E-state index in [1.54, 1.807) is 7.11 Å². The summed E-state index contributed by atoms with van der Waals surface area (Å²) in [5, 5.41) is 7.21. The van der Waals surface area contributed by atoms with Gasteiger partial charge in [0.1, 0.15) is 23.9 Å². The second-order valence-electron chi connectivity index (χ2n) is 6.11. The summed E-state index contributed by atoms with van der Waals surface area (Å²) in [5.41, 5.74) is 1.89. The number of hydrogen-bond acceptors (Lipinski definition) is 6. The van der Waals surface area contributed by atoms with Gasteiger partial charge in [-0.25, -0.2) is 4.98 Å². The first-order valence-corrected chi connectivity index (χ1v) is 9.35. The Morgan fingerprint density at radius 1 is 0.964 bits per heavy atom. The molecule has 0 aliphatic rings. The van der Waals surface area contributed by atoms with Crippen molar-refractivity contribution in [1.82, 2.24) is 9.97 Å². The highest BCUT2D eigenvalue weighted by atomic mass is 35.5. The van der Waals surface area contributed by atoms with E-state index in [0.717, 1.165) is 33.6 Å². The van der Waals surface area contributed by atoms with E-state index in [9.17, 15) is 0 Å². The van der Waals surface area contributed by atoms with Crippen LogP contribution in [0.3, 0.4) is 0 Å². The van der Waals surface area contributed by atoms with E-state index in [0.29, 0.717) is 25.6 Å². The normalized spacial score (nSPS) is 10.4. The fourth-order valence-electron chi connectivity index (χ4n) is 2.57. The molecule has 0 spiro atoms. The predicted molar refractivity (Wildman–Crippen MR) is 113 cm³/mol. The number of nitrogens with one attached hydrogen (secondary N) is 2. The number of aryl methyl sites for hydroxylation is 1. The molecule has 1 aromatic heterocycles. The molecule has 28 heavy (non-hydrogen) atoms. The van der Waals surface area contributed by atoms with Crippen molar-refractivity contribution in [3.63, 3.8) is 0 Å². The molecule has 0 unspecified atom stereocenters. The Morgan fingerprint density at radius 3 is 2.46 bits per heavy atom. The zero-order valence-electron chi connectivity index (χ0n) is 15.9. The highest BCUT2D eigenvalue weighted by Gasteiger charge is 2.04. The molecule has 2 N–H and O–H groups in total. The lowest BCUT2D eigenvalue weighted by molar-refractivity contribution is 0.331. The van der Waals surface area contributed by atoms with E-state index in [2.05, 4.69) is 20.6 Å². The molecule has 7 heteroatoms. The summed E-state index contributed by atoms with van der Waals surface area (Å²) in [4.78, 5) is 8.91. The fraction of sp³-hybridized carbons (Fsp3) is 0.238. The Bertz CT molecular complexity index is 903. The lowest BCUT2D eigenvalue weighted by atomic mass is 10.2. The number of ether oxygens (including phenoxy) is 2. The summed E-state index contributed by atoms with van der Waals surface area (Å²) < 4.78 is 10.8. The smallest absolute Gasteiger partial charge is 0.224 e. The molecule has 0 amide bonds. The monoisotopic (exact) mass is 398 g/mol. The van der Waals surface area contributed by atoms with Gasteiger partial charge >= 0.3 is 0 Å². The molecule has 146 valence electrons. The second-order valence-corrected chi connectivity index (χ2v) is 6.52. The summed E-state index contributed by atoms with van der Waals surface area (Å²) in [5.74, 6) is 2.89. The van der Waals surface area contributed by atoms with Crippen LogP contribution < -0.4 is 20.1 Å². The van der Waals surface area contributed by atoms with E-state index in [1.807, 2.05) is 61.5 Å². The van der Waals surface area contributed by atoms with Gasteiger partial charge in [-0.3, -0.25) is 0 Å². The number of hydrogen-bond donors (Lipinski definition) is 2. The van der Waals surface area contributed by atoms with E-state index >= 15 is 0 Å². The lowest BCUT2D eigenvalue weighted by Crippen LogP contribution is -2.14. The molecule has 6 nitrogen and oxygen atoms in total. The third-order valence-corrected chi connectivity index (χ3v) is 4.35. The third-order valence-electron chi connectivity index (χ3n) is 3.99. The maximum atomic E-state index is 6.20. The van der Waals surface area contributed by atoms with Gasteiger partial charge in [-0.2, -0.15) is 4.98 Å². The number of nitrogens with zero attached hydrogens (tertiary/aromatic N) is 2. The average molecular weight is 399 g/mol. The van der Waals surface area contributed by atoms with Gasteiger partial charge in [-0.1, -0.05) is 29.8 Å². The van der Waals surface area contributed by atoms with Crippen LogP contribution >= 0.6 is 11.6 Å². The van der Waals surface area contributed by atoms with Crippen molar-refractivity contribution in [3.05, 3.63) is 70.9 Å². The van der Waals surface area contributed by atoms with Crippen molar-refractivity contribution < 1.29 is 9.47 Å². The molecule has 0 aliphatic heterocycles. The molecule has 0 aliphatic carbocycles. The minimum atomic E-state index is 0.492. The summed E-state index contributed by atoms with van der Waals surface area (Å²) in [6.45, 7) is 3.60. The zero-order valence-corrected chi connectivity index (χ0v) is 16.7. The van der Waals surface area contributed by atoms with Crippen LogP contribution in [0.5, 0.6) is 11.5 Å². The number of benzene rings is 2. The van der Waals surface area contributed by atoms with E-state index in [-0.39, 0.29) is 0 Å². The molecular weight excluding hydrogens is 376 g/mol. The van der Waals surface area contributed by atoms with Crippen molar-refractivity contribution in [2.24, 2.45) is 0 Å². The Hall–Kier alpha value is -2.99. The Balaban J connectivity index is 1.50. The standard InChI is InChI=1S/C21H23ClN4O2/c1-15-13-20(24-14-16-5-3-4-6-19(16)22)26-21(25-15)23-11-12-28-18-9-7-17(27-2)8-10-18/h3-10,13H,11-12,14H2,1-2H3,(H2,23,24,25,26). The Morgan fingerprint density at radius 2 is 1.71 bits per heavy atom. The third kappa shape index (κ3) is 5.76. The summed E-state index contributed by atoms with van der Waals surface area (Å²) in [7, 11) is 1.64. The molecule has 0 fully saturated rings. The Kier molecular flexibility index (Phi) is 6.92. The van der Waals surface area contributed by atoms with Gasteiger partial charge in [0.15, 0.2) is 0 Å². The number of methoxy groups -OCH3 is 1. The van der Waals surface area contributed by atoms with Gasteiger partial charge in [-0.05, 0) is 42.8 Å². The highest BCUT2D eigenvalue weighted by molar-refractivity contribution is 6.31. The lowest BCUT2D eigenvalue weighted by Gasteiger charge is -2.11. The molecule has 3 rings (SSSR count).